The number of nitrogens with zero attached hydrogens (tertiary/aromatic N) is 2. The van der Waals surface area contributed by atoms with Crippen molar-refractivity contribution in [2.45, 2.75) is 30.8 Å². The Labute approximate surface area is 150 Å². The van der Waals surface area contributed by atoms with Crippen LogP contribution < -0.4 is 0 Å². The van der Waals surface area contributed by atoms with Crippen LogP contribution in [0, 0.1) is 17.2 Å². The van der Waals surface area contributed by atoms with Crippen LogP contribution in [0.25, 0.3) is 0 Å². The number of aliphatic hydroxyl groups is 1. The standard InChI is InChI=1S/C22H26N2O/c1-24(16-18-14-21(25)15-18)13-12-22(17-23,19-8-4-2-5-9-19)20-10-6-3-7-11-20/h2-11,18,21,25H,12-16H2,1H3. The van der Waals surface area contributed by atoms with Gasteiger partial charge in [0.05, 0.1) is 12.2 Å². The van der Waals surface area contributed by atoms with Gasteiger partial charge in [-0.2, -0.15) is 5.26 Å². The third kappa shape index (κ3) is 3.92. The van der Waals surface area contributed by atoms with Crippen molar-refractivity contribution in [3.8, 4) is 6.07 Å². The first-order chi connectivity index (χ1) is 12.1. The minimum absolute atomic E-state index is 0.106. The maximum absolute atomic E-state index is 10.2. The van der Waals surface area contributed by atoms with Crippen molar-refractivity contribution in [2.24, 2.45) is 5.92 Å². The number of rotatable bonds is 7. The molecule has 3 nitrogen and oxygen atoms in total. The minimum Gasteiger partial charge on any atom is -0.393 e. The van der Waals surface area contributed by atoms with Gasteiger partial charge < -0.3 is 10.0 Å². The number of nitriles is 1. The molecule has 3 heteroatoms. The maximum atomic E-state index is 10.2. The Morgan fingerprint density at radius 1 is 1.04 bits per heavy atom. The molecule has 0 atom stereocenters. The van der Waals surface area contributed by atoms with Crippen molar-refractivity contribution < 1.29 is 5.11 Å². The van der Waals surface area contributed by atoms with E-state index in [1.165, 1.54) is 0 Å². The summed E-state index contributed by atoms with van der Waals surface area (Å²) in [7, 11) is 2.11. The van der Waals surface area contributed by atoms with Crippen LogP contribution in [0.4, 0.5) is 0 Å². The number of hydrogen-bond donors (Lipinski definition) is 1. The second kappa shape index (κ2) is 7.82. The van der Waals surface area contributed by atoms with Gasteiger partial charge in [0.2, 0.25) is 0 Å². The molecule has 1 saturated carbocycles. The highest BCUT2D eigenvalue weighted by atomic mass is 16.3. The smallest absolute Gasteiger partial charge is 0.108 e. The van der Waals surface area contributed by atoms with Gasteiger partial charge in [0.1, 0.15) is 5.41 Å². The van der Waals surface area contributed by atoms with Gasteiger partial charge in [0, 0.05) is 13.1 Å². The lowest BCUT2D eigenvalue weighted by molar-refractivity contribution is 0.0279. The van der Waals surface area contributed by atoms with Crippen LogP contribution in [0.15, 0.2) is 60.7 Å². The summed E-state index contributed by atoms with van der Waals surface area (Å²) in [4.78, 5) is 2.30. The van der Waals surface area contributed by atoms with Crippen molar-refractivity contribution in [1.29, 1.82) is 5.26 Å². The van der Waals surface area contributed by atoms with Crippen molar-refractivity contribution in [3.05, 3.63) is 71.8 Å². The fourth-order valence-corrected chi connectivity index (χ4v) is 3.83. The summed E-state index contributed by atoms with van der Waals surface area (Å²) in [6.45, 7) is 1.84. The Balaban J connectivity index is 1.78. The minimum atomic E-state index is -0.629. The Morgan fingerprint density at radius 2 is 1.56 bits per heavy atom. The average Bonchev–Trinajstić information content (AvgIpc) is 2.63. The van der Waals surface area contributed by atoms with Gasteiger partial charge >= 0.3 is 0 Å². The molecule has 0 aliphatic heterocycles. The molecule has 3 rings (SSSR count). The molecule has 0 aromatic heterocycles. The van der Waals surface area contributed by atoms with E-state index < -0.39 is 5.41 Å². The first kappa shape index (κ1) is 17.7. The molecule has 1 fully saturated rings. The van der Waals surface area contributed by atoms with Gasteiger partial charge in [0.15, 0.2) is 0 Å². The van der Waals surface area contributed by atoms with Gasteiger partial charge in [-0.05, 0) is 43.4 Å². The first-order valence-corrected chi connectivity index (χ1v) is 9.03. The molecule has 1 aliphatic rings. The molecule has 0 bridgehead atoms. The van der Waals surface area contributed by atoms with Crippen molar-refractivity contribution in [3.63, 3.8) is 0 Å². The highest BCUT2D eigenvalue weighted by Gasteiger charge is 2.35. The van der Waals surface area contributed by atoms with Crippen molar-refractivity contribution in [2.75, 3.05) is 20.1 Å². The molecule has 2 aromatic rings. The summed E-state index contributed by atoms with van der Waals surface area (Å²) in [5, 5.41) is 19.6. The molecule has 2 aromatic carbocycles. The SMILES string of the molecule is CN(CCC(C#N)(c1ccccc1)c1ccccc1)CC1CC(O)C1. The van der Waals surface area contributed by atoms with Crippen LogP contribution in [0.1, 0.15) is 30.4 Å². The van der Waals surface area contributed by atoms with Crippen molar-refractivity contribution in [1.82, 2.24) is 4.90 Å². The van der Waals surface area contributed by atoms with Gasteiger partial charge in [-0.25, -0.2) is 0 Å². The fraction of sp³-hybridized carbons (Fsp3) is 0.409. The van der Waals surface area contributed by atoms with Gasteiger partial charge in [-0.3, -0.25) is 0 Å². The predicted molar refractivity (Wildman–Crippen MR) is 100 cm³/mol. The van der Waals surface area contributed by atoms with Crippen LogP contribution in [0.2, 0.25) is 0 Å². The molecule has 1 N–H and O–H groups in total. The van der Waals surface area contributed by atoms with Crippen LogP contribution in [0.3, 0.4) is 0 Å². The third-order valence-electron chi connectivity index (χ3n) is 5.37. The van der Waals surface area contributed by atoms with E-state index >= 15 is 0 Å². The van der Waals surface area contributed by atoms with Crippen LogP contribution in [-0.4, -0.2) is 36.2 Å². The lowest BCUT2D eigenvalue weighted by atomic mass is 9.73. The largest absolute Gasteiger partial charge is 0.393 e. The van der Waals surface area contributed by atoms with Gasteiger partial charge in [-0.1, -0.05) is 60.7 Å². The second-order valence-corrected chi connectivity index (χ2v) is 7.25. The Hall–Kier alpha value is -2.15. The fourth-order valence-electron chi connectivity index (χ4n) is 3.83. The third-order valence-corrected chi connectivity index (χ3v) is 5.37. The summed E-state index contributed by atoms with van der Waals surface area (Å²) < 4.78 is 0. The number of aliphatic hydroxyl groups excluding tert-OH is 1. The topological polar surface area (TPSA) is 47.3 Å². The normalized spacial score (nSPS) is 20.1. The zero-order valence-corrected chi connectivity index (χ0v) is 14.8. The van der Waals surface area contributed by atoms with Crippen LogP contribution in [-0.2, 0) is 5.41 Å². The van der Waals surface area contributed by atoms with Crippen molar-refractivity contribution >= 4 is 0 Å². The quantitative estimate of drug-likeness (QED) is 0.842. The van der Waals surface area contributed by atoms with E-state index in [4.69, 9.17) is 0 Å². The van der Waals surface area contributed by atoms with E-state index in [9.17, 15) is 10.4 Å². The number of benzene rings is 2. The molecule has 0 radical (unpaired) electrons. The Kier molecular flexibility index (Phi) is 5.53. The predicted octanol–water partition coefficient (Wildman–Crippen LogP) is 3.59. The van der Waals surface area contributed by atoms with E-state index in [2.05, 4.69) is 42.3 Å². The average molecular weight is 334 g/mol. The second-order valence-electron chi connectivity index (χ2n) is 7.25. The molecule has 0 unspecified atom stereocenters. The number of hydrogen-bond acceptors (Lipinski definition) is 3. The summed E-state index contributed by atoms with van der Waals surface area (Å²) in [5.74, 6) is 0.588. The summed E-state index contributed by atoms with van der Waals surface area (Å²) in [6, 6.07) is 22.8. The van der Waals surface area contributed by atoms with E-state index in [-0.39, 0.29) is 6.10 Å². The van der Waals surface area contributed by atoms with E-state index in [1.54, 1.807) is 0 Å². The first-order valence-electron chi connectivity index (χ1n) is 9.03. The highest BCUT2D eigenvalue weighted by molar-refractivity contribution is 5.45. The maximum Gasteiger partial charge on any atom is 0.108 e. The molecule has 0 heterocycles. The molecule has 25 heavy (non-hydrogen) atoms. The molecule has 0 spiro atoms. The lowest BCUT2D eigenvalue weighted by Gasteiger charge is -2.36. The lowest BCUT2D eigenvalue weighted by Crippen LogP contribution is -2.39. The molecular weight excluding hydrogens is 308 g/mol. The van der Waals surface area contributed by atoms with Crippen LogP contribution >= 0.6 is 0 Å². The Morgan fingerprint density at radius 3 is 2.00 bits per heavy atom. The molecule has 1 aliphatic carbocycles. The van der Waals surface area contributed by atoms with Gasteiger partial charge in [0.25, 0.3) is 0 Å². The zero-order valence-electron chi connectivity index (χ0n) is 14.8. The zero-order chi connectivity index (χ0) is 17.7. The Bertz CT molecular complexity index is 662. The molecule has 130 valence electrons. The highest BCUT2D eigenvalue weighted by Crippen LogP contribution is 2.35. The monoisotopic (exact) mass is 334 g/mol. The summed E-state index contributed by atoms with van der Waals surface area (Å²) in [5.41, 5.74) is 1.47. The van der Waals surface area contributed by atoms with Crippen LogP contribution in [0.5, 0.6) is 0 Å². The summed E-state index contributed by atoms with van der Waals surface area (Å²) >= 11 is 0. The molecular formula is C22H26N2O. The van der Waals surface area contributed by atoms with Gasteiger partial charge in [-0.15, -0.1) is 0 Å². The van der Waals surface area contributed by atoms with E-state index in [0.29, 0.717) is 5.92 Å². The molecule has 0 amide bonds. The van der Waals surface area contributed by atoms with E-state index in [1.807, 2.05) is 36.4 Å². The summed E-state index contributed by atoms with van der Waals surface area (Å²) in [6.07, 6.45) is 2.46. The van der Waals surface area contributed by atoms with E-state index in [0.717, 1.165) is 43.5 Å². The molecule has 0 saturated heterocycles.